The highest BCUT2D eigenvalue weighted by atomic mass is 35.5. The fourth-order valence-electron chi connectivity index (χ4n) is 3.88. The summed E-state index contributed by atoms with van der Waals surface area (Å²) < 4.78 is 7.10. The molecule has 0 aliphatic carbocycles. The quantitative estimate of drug-likeness (QED) is 0.344. The Morgan fingerprint density at radius 3 is 2.41 bits per heavy atom. The highest BCUT2D eigenvalue weighted by Gasteiger charge is 2.53. The Kier molecular flexibility index (Phi) is 7.07. The number of aryl methyl sites for hydroxylation is 1. The third kappa shape index (κ3) is 4.87. The van der Waals surface area contributed by atoms with E-state index in [2.05, 4.69) is 16.9 Å². The normalized spacial score (nSPS) is 26.7. The molecule has 3 aromatic rings. The molecule has 34 heavy (non-hydrogen) atoms. The van der Waals surface area contributed by atoms with E-state index in [4.69, 9.17) is 16.3 Å². The second-order valence-electron chi connectivity index (χ2n) is 8.29. The van der Waals surface area contributed by atoms with Crippen LogP contribution in [0.4, 0.5) is 0 Å². The molecule has 2 aromatic carbocycles. The van der Waals surface area contributed by atoms with Crippen LogP contribution in [-0.4, -0.2) is 66.3 Å². The molecule has 1 fully saturated rings. The maximum Gasteiger partial charge on any atom is 0.222 e. The van der Waals surface area contributed by atoms with E-state index in [1.165, 1.54) is 6.07 Å². The van der Waals surface area contributed by atoms with Crippen molar-refractivity contribution < 1.29 is 30.3 Å². The predicted molar refractivity (Wildman–Crippen MR) is 124 cm³/mol. The Morgan fingerprint density at radius 2 is 1.76 bits per heavy atom. The van der Waals surface area contributed by atoms with Crippen LogP contribution in [0, 0.1) is 11.8 Å². The molecule has 0 radical (unpaired) electrons. The van der Waals surface area contributed by atoms with Crippen LogP contribution in [0.2, 0.25) is 5.02 Å². The van der Waals surface area contributed by atoms with Crippen molar-refractivity contribution in [1.29, 1.82) is 0 Å². The van der Waals surface area contributed by atoms with E-state index < -0.39 is 36.8 Å². The average molecular weight is 485 g/mol. The first-order valence-corrected chi connectivity index (χ1v) is 11.0. The Morgan fingerprint density at radius 1 is 1.06 bits per heavy atom. The zero-order valence-corrected chi connectivity index (χ0v) is 19.1. The van der Waals surface area contributed by atoms with Crippen molar-refractivity contribution in [3.8, 4) is 11.8 Å². The molecule has 0 saturated carbocycles. The molecular weight excluding hydrogens is 460 g/mol. The minimum absolute atomic E-state index is 0.141. The first-order chi connectivity index (χ1) is 16.2. The number of aromatic nitrogens is 2. The number of aliphatic hydroxyl groups is 5. The Hall–Kier alpha value is -2.74. The van der Waals surface area contributed by atoms with Gasteiger partial charge in [0.2, 0.25) is 5.79 Å². The lowest BCUT2D eigenvalue weighted by atomic mass is 9.87. The summed E-state index contributed by atoms with van der Waals surface area (Å²) in [6.45, 7) is -0.649. The maximum absolute atomic E-state index is 11.1. The van der Waals surface area contributed by atoms with Crippen LogP contribution in [0.25, 0.3) is 0 Å². The molecule has 8 nitrogen and oxygen atoms in total. The van der Waals surface area contributed by atoms with Gasteiger partial charge in [-0.15, -0.1) is 0 Å². The topological polar surface area (TPSA) is 128 Å². The molecule has 1 saturated heterocycles. The van der Waals surface area contributed by atoms with Gasteiger partial charge in [0.05, 0.1) is 18.4 Å². The molecule has 178 valence electrons. The number of rotatable bonds is 4. The van der Waals surface area contributed by atoms with E-state index in [1.807, 2.05) is 37.5 Å². The van der Waals surface area contributed by atoms with Crippen LogP contribution in [0.15, 0.2) is 54.9 Å². The van der Waals surface area contributed by atoms with Crippen molar-refractivity contribution in [2.45, 2.75) is 36.6 Å². The van der Waals surface area contributed by atoms with Crippen molar-refractivity contribution in [3.63, 3.8) is 0 Å². The molecule has 1 aromatic heterocycles. The lowest BCUT2D eigenvalue weighted by Gasteiger charge is -2.45. The average Bonchev–Trinajstić information content (AvgIpc) is 3.26. The Balaban J connectivity index is 1.55. The van der Waals surface area contributed by atoms with E-state index in [9.17, 15) is 25.5 Å². The molecule has 0 amide bonds. The molecule has 5 N–H and O–H groups in total. The van der Waals surface area contributed by atoms with Gasteiger partial charge in [0, 0.05) is 29.4 Å². The lowest BCUT2D eigenvalue weighted by Crippen LogP contribution is -2.63. The van der Waals surface area contributed by atoms with Crippen molar-refractivity contribution in [2.75, 3.05) is 6.61 Å². The Labute approximate surface area is 201 Å². The van der Waals surface area contributed by atoms with E-state index in [-0.39, 0.29) is 5.56 Å². The Bertz CT molecular complexity index is 1220. The fourth-order valence-corrected chi connectivity index (χ4v) is 4.07. The molecule has 9 heteroatoms. The van der Waals surface area contributed by atoms with E-state index in [0.29, 0.717) is 17.0 Å². The summed E-state index contributed by atoms with van der Waals surface area (Å²) >= 11 is 6.38. The number of halogens is 1. The van der Waals surface area contributed by atoms with Gasteiger partial charge in [-0.3, -0.25) is 4.68 Å². The van der Waals surface area contributed by atoms with Crippen LogP contribution < -0.4 is 0 Å². The summed E-state index contributed by atoms with van der Waals surface area (Å²) in [6.07, 6.45) is -2.43. The largest absolute Gasteiger partial charge is 0.394 e. The van der Waals surface area contributed by atoms with Crippen LogP contribution in [-0.2, 0) is 24.0 Å². The third-order valence-electron chi connectivity index (χ3n) is 5.83. The fraction of sp³-hybridized carbons (Fsp3) is 0.320. The third-order valence-corrected chi connectivity index (χ3v) is 6.20. The number of hydrogen-bond donors (Lipinski definition) is 5. The number of aliphatic hydroxyl groups excluding tert-OH is 4. The molecule has 0 bridgehead atoms. The summed E-state index contributed by atoms with van der Waals surface area (Å²) in [4.78, 5) is 0. The minimum Gasteiger partial charge on any atom is -0.394 e. The SMILES string of the molecule is Cn1cc(C#Cc2ccc(Cc3cc([C@@]4(O)O[C@H](CO)[C@@H](O)[C@H](O)[C@H]4O)ccc3Cl)cc2)cn1. The second-order valence-corrected chi connectivity index (χ2v) is 8.70. The van der Waals surface area contributed by atoms with Gasteiger partial charge in [-0.25, -0.2) is 0 Å². The van der Waals surface area contributed by atoms with E-state index >= 15 is 0 Å². The standard InChI is InChI=1S/C25H25ClN2O6/c1-28-13-17(12-27-28)7-4-15-2-5-16(6-3-15)10-18-11-19(8-9-20(18)26)25(33)24(32)23(31)22(30)21(14-29)34-25/h2-3,5-6,8-9,11-13,21-24,29-33H,10,14H2,1H3/t21-,22-,23+,24-,25-/m1/s1. The molecular formula is C25H25ClN2O6. The molecule has 0 spiro atoms. The van der Waals surface area contributed by atoms with Crippen molar-refractivity contribution in [2.24, 2.45) is 7.05 Å². The zero-order valence-electron chi connectivity index (χ0n) is 18.3. The highest BCUT2D eigenvalue weighted by Crippen LogP contribution is 2.37. The maximum atomic E-state index is 11.1. The molecule has 0 unspecified atom stereocenters. The molecule has 1 aliphatic heterocycles. The van der Waals surface area contributed by atoms with Gasteiger partial charge in [0.15, 0.2) is 0 Å². The van der Waals surface area contributed by atoms with Crippen LogP contribution in [0.1, 0.15) is 27.8 Å². The van der Waals surface area contributed by atoms with Gasteiger partial charge in [-0.1, -0.05) is 41.6 Å². The van der Waals surface area contributed by atoms with Crippen molar-refractivity contribution in [3.05, 3.63) is 87.7 Å². The van der Waals surface area contributed by atoms with Crippen LogP contribution in [0.5, 0.6) is 0 Å². The molecule has 2 heterocycles. The minimum atomic E-state index is -2.34. The van der Waals surface area contributed by atoms with Gasteiger partial charge in [-0.2, -0.15) is 5.10 Å². The number of nitrogens with zero attached hydrogens (tertiary/aromatic N) is 2. The first kappa shape index (κ1) is 24.4. The summed E-state index contributed by atoms with van der Waals surface area (Å²) in [5.74, 6) is 3.80. The van der Waals surface area contributed by atoms with Gasteiger partial charge >= 0.3 is 0 Å². The first-order valence-electron chi connectivity index (χ1n) is 10.6. The van der Waals surface area contributed by atoms with Crippen LogP contribution >= 0.6 is 11.6 Å². The summed E-state index contributed by atoms with van der Waals surface area (Å²) in [5, 5.41) is 55.6. The van der Waals surface area contributed by atoms with Crippen LogP contribution in [0.3, 0.4) is 0 Å². The number of benzene rings is 2. The predicted octanol–water partition coefficient (Wildman–Crippen LogP) is 0.683. The number of ether oxygens (including phenoxy) is 1. The van der Waals surface area contributed by atoms with Gasteiger partial charge in [-0.05, 0) is 41.8 Å². The summed E-state index contributed by atoms with van der Waals surface area (Å²) in [7, 11) is 1.83. The van der Waals surface area contributed by atoms with Gasteiger partial charge in [0.25, 0.3) is 0 Å². The highest BCUT2D eigenvalue weighted by molar-refractivity contribution is 6.31. The summed E-state index contributed by atoms with van der Waals surface area (Å²) in [6, 6.07) is 12.2. The van der Waals surface area contributed by atoms with Gasteiger partial charge in [0.1, 0.15) is 24.4 Å². The van der Waals surface area contributed by atoms with Crippen molar-refractivity contribution in [1.82, 2.24) is 9.78 Å². The summed E-state index contributed by atoms with van der Waals surface area (Å²) in [5.41, 5.74) is 3.39. The monoisotopic (exact) mass is 484 g/mol. The van der Waals surface area contributed by atoms with E-state index in [1.54, 1.807) is 23.0 Å². The second kappa shape index (κ2) is 9.86. The smallest absolute Gasteiger partial charge is 0.222 e. The molecule has 1 aliphatic rings. The van der Waals surface area contributed by atoms with E-state index in [0.717, 1.165) is 16.7 Å². The zero-order chi connectivity index (χ0) is 24.5. The lowest BCUT2D eigenvalue weighted by molar-refractivity contribution is -0.357. The van der Waals surface area contributed by atoms with Gasteiger partial charge < -0.3 is 30.3 Å². The number of hydrogen-bond acceptors (Lipinski definition) is 7. The van der Waals surface area contributed by atoms with Crippen molar-refractivity contribution >= 4 is 11.6 Å². The molecule has 4 rings (SSSR count). The molecule has 5 atom stereocenters.